The summed E-state index contributed by atoms with van der Waals surface area (Å²) in [5, 5.41) is 11.5. The largest absolute Gasteiger partial charge is 0.497 e. The van der Waals surface area contributed by atoms with Gasteiger partial charge in [-0.3, -0.25) is 14.9 Å². The standard InChI is InChI=1S/C27H31N3O9/c1-35-20-5-7-21(8-6-20)38-17-22-16-29(27(32)39-22)19-10-12-28(13-11-19)26(31)9-4-18-14-24(36-2)25(37-3)15-23(18)30(33)34/h4-9,14-15,19,22H,10-13,16-17H2,1-3H3/b9-4+. The van der Waals surface area contributed by atoms with Crippen molar-refractivity contribution in [3.05, 3.63) is 58.2 Å². The number of likely N-dealkylation sites (tertiary alicyclic amines) is 1. The van der Waals surface area contributed by atoms with Crippen LogP contribution in [-0.2, 0) is 9.53 Å². The van der Waals surface area contributed by atoms with Crippen LogP contribution in [0.3, 0.4) is 0 Å². The summed E-state index contributed by atoms with van der Waals surface area (Å²) < 4.78 is 26.7. The summed E-state index contributed by atoms with van der Waals surface area (Å²) in [6.07, 6.45) is 3.13. The summed E-state index contributed by atoms with van der Waals surface area (Å²) in [6.45, 7) is 1.53. The molecule has 2 aliphatic rings. The Bertz CT molecular complexity index is 1220. The molecule has 0 bridgehead atoms. The highest BCUT2D eigenvalue weighted by Gasteiger charge is 2.38. The number of methoxy groups -OCH3 is 3. The van der Waals surface area contributed by atoms with Gasteiger partial charge in [-0.25, -0.2) is 4.79 Å². The average Bonchev–Trinajstić information content (AvgIpc) is 3.34. The Morgan fingerprint density at radius 2 is 1.69 bits per heavy atom. The maximum atomic E-state index is 12.8. The van der Waals surface area contributed by atoms with Gasteiger partial charge in [-0.05, 0) is 49.2 Å². The summed E-state index contributed by atoms with van der Waals surface area (Å²) in [6, 6.07) is 9.84. The van der Waals surface area contributed by atoms with Crippen molar-refractivity contribution in [2.45, 2.75) is 25.0 Å². The lowest BCUT2D eigenvalue weighted by Gasteiger charge is -2.35. The molecule has 2 aliphatic heterocycles. The van der Waals surface area contributed by atoms with Crippen molar-refractivity contribution in [2.75, 3.05) is 47.6 Å². The van der Waals surface area contributed by atoms with Gasteiger partial charge in [-0.1, -0.05) is 0 Å². The number of cyclic esters (lactones) is 1. The number of carbonyl (C=O) groups excluding carboxylic acids is 2. The van der Waals surface area contributed by atoms with Crippen LogP contribution in [0.1, 0.15) is 18.4 Å². The molecule has 39 heavy (non-hydrogen) atoms. The van der Waals surface area contributed by atoms with Crippen LogP contribution >= 0.6 is 0 Å². The molecule has 4 rings (SSSR count). The predicted octanol–water partition coefficient (Wildman–Crippen LogP) is 3.52. The fourth-order valence-corrected chi connectivity index (χ4v) is 4.63. The molecule has 0 radical (unpaired) electrons. The number of rotatable bonds is 10. The van der Waals surface area contributed by atoms with Crippen LogP contribution in [0, 0.1) is 10.1 Å². The molecule has 2 saturated heterocycles. The van der Waals surface area contributed by atoms with Crippen LogP contribution in [-0.4, -0.2) is 86.4 Å². The molecule has 0 spiro atoms. The van der Waals surface area contributed by atoms with E-state index in [9.17, 15) is 19.7 Å². The Kier molecular flexibility index (Phi) is 8.74. The quantitative estimate of drug-likeness (QED) is 0.252. The van der Waals surface area contributed by atoms with Crippen molar-refractivity contribution in [3.8, 4) is 23.0 Å². The highest BCUT2D eigenvalue weighted by molar-refractivity contribution is 5.92. The molecule has 1 atom stereocenters. The molecule has 0 aliphatic carbocycles. The van der Waals surface area contributed by atoms with E-state index in [0.29, 0.717) is 44.0 Å². The molecule has 2 heterocycles. The van der Waals surface area contributed by atoms with E-state index in [1.54, 1.807) is 41.2 Å². The third kappa shape index (κ3) is 6.51. The number of nitro groups is 1. The van der Waals surface area contributed by atoms with Crippen molar-refractivity contribution in [2.24, 2.45) is 0 Å². The number of nitrogens with zero attached hydrogens (tertiary/aromatic N) is 3. The maximum Gasteiger partial charge on any atom is 0.410 e. The number of piperidine rings is 1. The number of amides is 2. The first-order chi connectivity index (χ1) is 18.8. The molecule has 2 aromatic carbocycles. The molecule has 2 fully saturated rings. The van der Waals surface area contributed by atoms with Gasteiger partial charge in [-0.15, -0.1) is 0 Å². The van der Waals surface area contributed by atoms with Crippen LogP contribution in [0.5, 0.6) is 23.0 Å². The third-order valence-electron chi connectivity index (χ3n) is 6.75. The van der Waals surface area contributed by atoms with Crippen LogP contribution in [0.25, 0.3) is 6.08 Å². The highest BCUT2D eigenvalue weighted by atomic mass is 16.6. The molecule has 0 N–H and O–H groups in total. The molecule has 0 saturated carbocycles. The van der Waals surface area contributed by atoms with Crippen molar-refractivity contribution in [1.82, 2.24) is 9.80 Å². The van der Waals surface area contributed by atoms with Gasteiger partial charge < -0.3 is 33.5 Å². The fourth-order valence-electron chi connectivity index (χ4n) is 4.63. The Morgan fingerprint density at radius 3 is 2.31 bits per heavy atom. The summed E-state index contributed by atoms with van der Waals surface area (Å²) >= 11 is 0. The van der Waals surface area contributed by atoms with Gasteiger partial charge in [0.2, 0.25) is 5.91 Å². The second-order valence-electron chi connectivity index (χ2n) is 9.06. The molecule has 12 heteroatoms. The van der Waals surface area contributed by atoms with E-state index < -0.39 is 4.92 Å². The van der Waals surface area contributed by atoms with Gasteiger partial charge in [0.15, 0.2) is 17.6 Å². The number of hydrogen-bond acceptors (Lipinski definition) is 9. The zero-order valence-corrected chi connectivity index (χ0v) is 22.0. The first-order valence-corrected chi connectivity index (χ1v) is 12.4. The number of benzene rings is 2. The maximum absolute atomic E-state index is 12.8. The lowest BCUT2D eigenvalue weighted by Crippen LogP contribution is -2.47. The summed E-state index contributed by atoms with van der Waals surface area (Å²) in [7, 11) is 4.41. The third-order valence-corrected chi connectivity index (χ3v) is 6.75. The van der Waals surface area contributed by atoms with E-state index in [4.69, 9.17) is 23.7 Å². The molecular weight excluding hydrogens is 510 g/mol. The van der Waals surface area contributed by atoms with Gasteiger partial charge >= 0.3 is 6.09 Å². The minimum absolute atomic E-state index is 0.0524. The first-order valence-electron chi connectivity index (χ1n) is 12.4. The van der Waals surface area contributed by atoms with Crippen molar-refractivity contribution < 1.29 is 38.2 Å². The SMILES string of the molecule is COc1ccc(OCC2CN(C3CCN(C(=O)/C=C/c4cc(OC)c(OC)cc4[N+](=O)[O-])CC3)C(=O)O2)cc1. The Balaban J connectivity index is 1.30. The van der Waals surface area contributed by atoms with Gasteiger partial charge in [0.25, 0.3) is 5.69 Å². The van der Waals surface area contributed by atoms with E-state index >= 15 is 0 Å². The van der Waals surface area contributed by atoms with Crippen molar-refractivity contribution >= 4 is 23.8 Å². The van der Waals surface area contributed by atoms with Crippen molar-refractivity contribution in [3.63, 3.8) is 0 Å². The summed E-state index contributed by atoms with van der Waals surface area (Å²) in [4.78, 5) is 39.7. The monoisotopic (exact) mass is 541 g/mol. The minimum Gasteiger partial charge on any atom is -0.497 e. The lowest BCUT2D eigenvalue weighted by atomic mass is 10.0. The lowest BCUT2D eigenvalue weighted by molar-refractivity contribution is -0.385. The van der Waals surface area contributed by atoms with Crippen LogP contribution in [0.2, 0.25) is 0 Å². The predicted molar refractivity (Wildman–Crippen MR) is 140 cm³/mol. The number of ether oxygens (including phenoxy) is 5. The zero-order valence-electron chi connectivity index (χ0n) is 22.0. The number of carbonyl (C=O) groups is 2. The number of nitro benzene ring substituents is 1. The Labute approximate surface area is 225 Å². The molecule has 208 valence electrons. The van der Waals surface area contributed by atoms with E-state index in [2.05, 4.69) is 0 Å². The highest BCUT2D eigenvalue weighted by Crippen LogP contribution is 2.35. The molecule has 2 amide bonds. The van der Waals surface area contributed by atoms with E-state index in [0.717, 1.165) is 5.75 Å². The number of hydrogen-bond donors (Lipinski definition) is 0. The van der Waals surface area contributed by atoms with Crippen molar-refractivity contribution in [1.29, 1.82) is 0 Å². The van der Waals surface area contributed by atoms with E-state index in [1.165, 1.54) is 38.5 Å². The second kappa shape index (κ2) is 12.4. The van der Waals surface area contributed by atoms with Gasteiger partial charge in [0.05, 0.1) is 44.4 Å². The Morgan fingerprint density at radius 1 is 1.05 bits per heavy atom. The smallest absolute Gasteiger partial charge is 0.410 e. The van der Waals surface area contributed by atoms with Gasteiger partial charge in [-0.2, -0.15) is 0 Å². The molecule has 0 aromatic heterocycles. The normalized spacial score (nSPS) is 17.7. The van der Waals surface area contributed by atoms with Crippen LogP contribution < -0.4 is 18.9 Å². The Hall–Kier alpha value is -4.48. The van der Waals surface area contributed by atoms with E-state index in [-0.39, 0.29) is 47.8 Å². The minimum atomic E-state index is -0.540. The fraction of sp³-hybridized carbons (Fsp3) is 0.407. The van der Waals surface area contributed by atoms with Gasteiger partial charge in [0.1, 0.15) is 18.1 Å². The topological polar surface area (TPSA) is 130 Å². The molecule has 12 nitrogen and oxygen atoms in total. The molecule has 2 aromatic rings. The zero-order chi connectivity index (χ0) is 27.9. The molecule has 1 unspecified atom stereocenters. The van der Waals surface area contributed by atoms with Crippen LogP contribution in [0.15, 0.2) is 42.5 Å². The average molecular weight is 542 g/mol. The first kappa shape index (κ1) is 27.6. The second-order valence-corrected chi connectivity index (χ2v) is 9.06. The van der Waals surface area contributed by atoms with E-state index in [1.807, 2.05) is 0 Å². The summed E-state index contributed by atoms with van der Waals surface area (Å²) in [5.74, 6) is 1.66. The van der Waals surface area contributed by atoms with Crippen LogP contribution in [0.4, 0.5) is 10.5 Å². The summed E-state index contributed by atoms with van der Waals surface area (Å²) in [5.41, 5.74) is 0.0251. The molecular formula is C27H31N3O9. The van der Waals surface area contributed by atoms with Gasteiger partial charge in [0, 0.05) is 25.2 Å².